The molecule has 3 heterocycles. The molecule has 8 heteroatoms. The molecule has 0 aromatic rings. The van der Waals surface area contributed by atoms with Gasteiger partial charge in [0.25, 0.3) is 0 Å². The van der Waals surface area contributed by atoms with Gasteiger partial charge in [-0.1, -0.05) is 5.57 Å². The van der Waals surface area contributed by atoms with Crippen molar-refractivity contribution in [3.8, 4) is 0 Å². The molecular weight excluding hydrogens is 424 g/mol. The second kappa shape index (κ2) is 9.04. The number of thioether (sulfide) groups is 2. The summed E-state index contributed by atoms with van der Waals surface area (Å²) in [4.78, 5) is 25.0. The largest absolute Gasteiger partial charge is 0.469 e. The highest BCUT2D eigenvalue weighted by molar-refractivity contribution is 8.18. The molecule has 0 aromatic carbocycles. The monoisotopic (exact) mass is 458 g/mol. The van der Waals surface area contributed by atoms with Gasteiger partial charge in [0.1, 0.15) is 6.10 Å². The molecule has 0 N–H and O–H groups in total. The van der Waals surface area contributed by atoms with E-state index in [4.69, 9.17) is 18.9 Å². The Balaban J connectivity index is 1.75. The van der Waals surface area contributed by atoms with Gasteiger partial charge in [-0.25, -0.2) is 4.79 Å². The minimum absolute atomic E-state index is 0.0536. The number of carbonyl (C=O) groups excluding carboxylic acids is 2. The van der Waals surface area contributed by atoms with Crippen LogP contribution in [0.2, 0.25) is 0 Å². The Morgan fingerprint density at radius 1 is 1.27 bits per heavy atom. The number of cyclic esters (lactones) is 1. The van der Waals surface area contributed by atoms with Gasteiger partial charge >= 0.3 is 11.9 Å². The van der Waals surface area contributed by atoms with Crippen LogP contribution in [-0.4, -0.2) is 58.7 Å². The molecule has 6 nitrogen and oxygen atoms in total. The minimum Gasteiger partial charge on any atom is -0.469 e. The van der Waals surface area contributed by atoms with Crippen LogP contribution in [0.4, 0.5) is 0 Å². The molecule has 0 spiro atoms. The molecule has 0 unspecified atom stereocenters. The summed E-state index contributed by atoms with van der Waals surface area (Å²) in [5.41, 5.74) is 0.344. The van der Waals surface area contributed by atoms with Crippen LogP contribution in [0, 0.1) is 5.41 Å². The Labute approximate surface area is 188 Å². The van der Waals surface area contributed by atoms with E-state index in [1.807, 2.05) is 58.1 Å². The standard InChI is InChI=1S/C22H34O6S2/c1-14-17(28-21(4,5)27-14)12-16-10-15(11-18(23)26-16)13-22(29-8-7-9-30-22)20(2,3)19(24)25-6/h11,14,16-17H,7-10,12-13H2,1-6H3/t14-,16+,17-/m1/s1. The topological polar surface area (TPSA) is 71.1 Å². The number of rotatable bonds is 6. The quantitative estimate of drug-likeness (QED) is 0.545. The van der Waals surface area contributed by atoms with Crippen LogP contribution in [0.3, 0.4) is 0 Å². The van der Waals surface area contributed by atoms with E-state index < -0.39 is 11.2 Å². The first-order chi connectivity index (χ1) is 14.0. The molecule has 3 rings (SSSR count). The van der Waals surface area contributed by atoms with E-state index >= 15 is 0 Å². The van der Waals surface area contributed by atoms with E-state index in [1.54, 1.807) is 6.08 Å². The maximum absolute atomic E-state index is 12.6. The average Bonchev–Trinajstić information content (AvgIpc) is 2.92. The van der Waals surface area contributed by atoms with E-state index in [2.05, 4.69) is 0 Å². The number of hydrogen-bond donors (Lipinski definition) is 0. The van der Waals surface area contributed by atoms with Gasteiger partial charge in [-0.3, -0.25) is 4.79 Å². The normalized spacial score (nSPS) is 31.1. The van der Waals surface area contributed by atoms with Gasteiger partial charge < -0.3 is 18.9 Å². The van der Waals surface area contributed by atoms with E-state index in [-0.39, 0.29) is 34.3 Å². The fourth-order valence-corrected chi connectivity index (χ4v) is 8.21. The minimum atomic E-state index is -0.684. The summed E-state index contributed by atoms with van der Waals surface area (Å²) in [6, 6.07) is 0. The summed E-state index contributed by atoms with van der Waals surface area (Å²) in [6.07, 6.45) is 4.21. The summed E-state index contributed by atoms with van der Waals surface area (Å²) in [5.74, 6) is 0.838. The van der Waals surface area contributed by atoms with Crippen molar-refractivity contribution < 1.29 is 28.5 Å². The first-order valence-electron chi connectivity index (χ1n) is 10.6. The molecule has 3 atom stereocenters. The van der Waals surface area contributed by atoms with E-state index in [0.29, 0.717) is 19.3 Å². The van der Waals surface area contributed by atoms with Crippen molar-refractivity contribution in [1.29, 1.82) is 0 Å². The van der Waals surface area contributed by atoms with Crippen molar-refractivity contribution in [3.05, 3.63) is 11.6 Å². The van der Waals surface area contributed by atoms with Crippen molar-refractivity contribution >= 4 is 35.5 Å². The summed E-state index contributed by atoms with van der Waals surface area (Å²) in [6.45, 7) is 9.70. The molecule has 3 aliphatic rings. The van der Waals surface area contributed by atoms with Crippen LogP contribution in [-0.2, 0) is 28.5 Å². The summed E-state index contributed by atoms with van der Waals surface area (Å²) in [5, 5.41) is 0. The second-order valence-electron chi connectivity index (χ2n) is 9.28. The maximum Gasteiger partial charge on any atom is 0.330 e. The Kier molecular flexibility index (Phi) is 7.22. The number of esters is 2. The molecular formula is C22H34O6S2. The molecule has 3 aliphatic heterocycles. The Bertz CT molecular complexity index is 696. The van der Waals surface area contributed by atoms with E-state index in [0.717, 1.165) is 23.5 Å². The second-order valence-corrected chi connectivity index (χ2v) is 12.3. The Hall–Kier alpha value is -0.700. The van der Waals surface area contributed by atoms with Crippen LogP contribution >= 0.6 is 23.5 Å². The van der Waals surface area contributed by atoms with Crippen molar-refractivity contribution in [2.75, 3.05) is 18.6 Å². The summed E-state index contributed by atoms with van der Waals surface area (Å²) >= 11 is 3.63. The third kappa shape index (κ3) is 5.03. The SMILES string of the molecule is COC(=O)C(C)(C)C1(CC2=CC(=O)O[C@H](C[C@H]3OC(C)(C)O[C@@H]3C)C2)SCCCS1. The Morgan fingerprint density at radius 3 is 2.50 bits per heavy atom. The van der Waals surface area contributed by atoms with Gasteiger partial charge in [0, 0.05) is 18.9 Å². The van der Waals surface area contributed by atoms with Crippen molar-refractivity contribution in [3.63, 3.8) is 0 Å². The molecule has 170 valence electrons. The molecule has 0 aromatic heterocycles. The fraction of sp³-hybridized carbons (Fsp3) is 0.818. The van der Waals surface area contributed by atoms with Crippen LogP contribution in [0.1, 0.15) is 60.3 Å². The van der Waals surface area contributed by atoms with E-state index in [1.165, 1.54) is 7.11 Å². The molecule has 0 radical (unpaired) electrons. The van der Waals surface area contributed by atoms with E-state index in [9.17, 15) is 9.59 Å². The van der Waals surface area contributed by atoms with Crippen LogP contribution in [0.25, 0.3) is 0 Å². The van der Waals surface area contributed by atoms with Crippen molar-refractivity contribution in [2.24, 2.45) is 5.41 Å². The molecule has 30 heavy (non-hydrogen) atoms. The van der Waals surface area contributed by atoms with Gasteiger partial charge in [-0.05, 0) is 59.0 Å². The number of methoxy groups -OCH3 is 1. The highest BCUT2D eigenvalue weighted by atomic mass is 32.2. The lowest BCUT2D eigenvalue weighted by Crippen LogP contribution is -2.47. The summed E-state index contributed by atoms with van der Waals surface area (Å²) in [7, 11) is 1.44. The van der Waals surface area contributed by atoms with Crippen LogP contribution in [0.5, 0.6) is 0 Å². The van der Waals surface area contributed by atoms with Crippen LogP contribution in [0.15, 0.2) is 11.6 Å². The fourth-order valence-electron chi connectivity index (χ4n) is 4.49. The zero-order valence-corrected chi connectivity index (χ0v) is 20.5. The van der Waals surface area contributed by atoms with Crippen molar-refractivity contribution in [1.82, 2.24) is 0 Å². The number of ether oxygens (including phenoxy) is 4. The van der Waals surface area contributed by atoms with Gasteiger partial charge in [0.05, 0.1) is 28.8 Å². The maximum atomic E-state index is 12.6. The molecule has 0 aliphatic carbocycles. The zero-order valence-electron chi connectivity index (χ0n) is 18.8. The highest BCUT2D eigenvalue weighted by Crippen LogP contribution is 2.57. The van der Waals surface area contributed by atoms with Gasteiger partial charge in [-0.15, -0.1) is 23.5 Å². The van der Waals surface area contributed by atoms with Crippen LogP contribution < -0.4 is 0 Å². The first kappa shape index (κ1) is 24.0. The third-order valence-corrected chi connectivity index (χ3v) is 10.0. The smallest absolute Gasteiger partial charge is 0.330 e. The molecule has 0 amide bonds. The predicted octanol–water partition coefficient (Wildman–Crippen LogP) is 4.31. The highest BCUT2D eigenvalue weighted by Gasteiger charge is 2.53. The third-order valence-electron chi connectivity index (χ3n) is 6.09. The zero-order chi connectivity index (χ0) is 22.2. The molecule has 0 saturated carbocycles. The average molecular weight is 459 g/mol. The van der Waals surface area contributed by atoms with Gasteiger partial charge in [0.15, 0.2) is 5.79 Å². The number of carbonyl (C=O) groups is 2. The van der Waals surface area contributed by atoms with Gasteiger partial charge in [0.2, 0.25) is 0 Å². The Morgan fingerprint density at radius 2 is 1.93 bits per heavy atom. The number of hydrogen-bond acceptors (Lipinski definition) is 8. The molecule has 0 bridgehead atoms. The lowest BCUT2D eigenvalue weighted by Gasteiger charge is -2.47. The lowest BCUT2D eigenvalue weighted by atomic mass is 9.83. The lowest BCUT2D eigenvalue weighted by molar-refractivity contribution is -0.153. The molecule has 2 saturated heterocycles. The summed E-state index contributed by atoms with van der Waals surface area (Å²) < 4.78 is 22.2. The first-order valence-corrected chi connectivity index (χ1v) is 12.6. The van der Waals surface area contributed by atoms with Crippen molar-refractivity contribution in [2.45, 2.75) is 88.5 Å². The predicted molar refractivity (Wildman–Crippen MR) is 119 cm³/mol. The van der Waals surface area contributed by atoms with Gasteiger partial charge in [-0.2, -0.15) is 0 Å². The molecule has 2 fully saturated rings.